The van der Waals surface area contributed by atoms with E-state index in [0.29, 0.717) is 12.8 Å². The minimum atomic E-state index is -1.72. The highest BCUT2D eigenvalue weighted by molar-refractivity contribution is 5.76. The normalized spacial score (nSPS) is 31.9. The number of aliphatic hydroxyl groups excluding tert-OH is 9. The van der Waals surface area contributed by atoms with Crippen LogP contribution in [0.25, 0.3) is 0 Å². The summed E-state index contributed by atoms with van der Waals surface area (Å²) in [6, 6.07) is -0.933. The van der Waals surface area contributed by atoms with Crippen molar-refractivity contribution >= 4 is 5.91 Å². The van der Waals surface area contributed by atoms with Gasteiger partial charge in [0.2, 0.25) is 5.91 Å². The lowest BCUT2D eigenvalue weighted by Crippen LogP contribution is -2.67. The van der Waals surface area contributed by atoms with Gasteiger partial charge in [0, 0.05) is 24.7 Å². The molecule has 2 aliphatic rings. The highest BCUT2D eigenvalue weighted by Crippen LogP contribution is 2.42. The average molecular weight is 778 g/mol. The van der Waals surface area contributed by atoms with E-state index in [4.69, 9.17) is 14.2 Å². The van der Waals surface area contributed by atoms with E-state index in [0.717, 1.165) is 19.3 Å². The minimum Gasteiger partial charge on any atom is -0.394 e. The van der Waals surface area contributed by atoms with Crippen molar-refractivity contribution in [3.8, 4) is 0 Å². The minimum absolute atomic E-state index is 0.177. The maximum Gasteiger partial charge on any atom is 0.220 e. The van der Waals surface area contributed by atoms with E-state index in [2.05, 4.69) is 12.2 Å². The molecule has 14 unspecified atom stereocenters. The highest BCUT2D eigenvalue weighted by Gasteiger charge is 2.57. The molecule has 0 aromatic rings. The first-order valence-corrected chi connectivity index (χ1v) is 20.6. The number of ether oxygens (including phenoxy) is 3. The molecule has 0 aliphatic carbocycles. The van der Waals surface area contributed by atoms with E-state index in [9.17, 15) is 50.8 Å². The summed E-state index contributed by atoms with van der Waals surface area (Å²) in [5.41, 5.74) is -1.69. The molecule has 318 valence electrons. The number of hydrogen-bond acceptors (Lipinski definition) is 13. The molecule has 1 amide bonds. The molecule has 2 rings (SSSR count). The predicted octanol–water partition coefficient (Wildman–Crippen LogP) is 1.97. The number of amides is 1. The summed E-state index contributed by atoms with van der Waals surface area (Å²) < 4.78 is 17.7. The van der Waals surface area contributed by atoms with Gasteiger partial charge in [-0.1, -0.05) is 110 Å². The molecule has 10 N–H and O–H groups in total. The van der Waals surface area contributed by atoms with Crippen molar-refractivity contribution in [2.75, 3.05) is 19.8 Å². The van der Waals surface area contributed by atoms with E-state index >= 15 is 0 Å². The Morgan fingerprint density at radius 3 is 2.00 bits per heavy atom. The second kappa shape index (κ2) is 25.9. The van der Waals surface area contributed by atoms with Gasteiger partial charge in [0.15, 0.2) is 6.29 Å². The molecule has 0 bridgehead atoms. The van der Waals surface area contributed by atoms with Crippen LogP contribution < -0.4 is 5.32 Å². The number of aliphatic hydroxyl groups is 9. The van der Waals surface area contributed by atoms with Crippen LogP contribution >= 0.6 is 0 Å². The Balaban J connectivity index is 2.00. The van der Waals surface area contributed by atoms with Crippen LogP contribution in [0.5, 0.6) is 0 Å². The van der Waals surface area contributed by atoms with Crippen molar-refractivity contribution in [1.82, 2.24) is 5.32 Å². The summed E-state index contributed by atoms with van der Waals surface area (Å²) in [5.74, 6) is -2.44. The van der Waals surface area contributed by atoms with Gasteiger partial charge < -0.3 is 65.5 Å². The van der Waals surface area contributed by atoms with E-state index in [-0.39, 0.29) is 25.4 Å². The topological polar surface area (TPSA) is 239 Å². The van der Waals surface area contributed by atoms with E-state index in [1.165, 1.54) is 70.8 Å². The second-order valence-corrected chi connectivity index (χ2v) is 15.8. The lowest BCUT2D eigenvalue weighted by molar-refractivity contribution is -0.322. The van der Waals surface area contributed by atoms with Gasteiger partial charge >= 0.3 is 0 Å². The molecule has 2 saturated heterocycles. The van der Waals surface area contributed by atoms with Crippen molar-refractivity contribution in [2.45, 2.75) is 203 Å². The summed E-state index contributed by atoms with van der Waals surface area (Å²) >= 11 is 0. The zero-order valence-corrected chi connectivity index (χ0v) is 33.3. The Kier molecular flexibility index (Phi) is 23.4. The smallest absolute Gasteiger partial charge is 0.220 e. The highest BCUT2D eigenvalue weighted by atomic mass is 16.7. The van der Waals surface area contributed by atoms with E-state index in [1.807, 2.05) is 6.92 Å². The third-order valence-corrected chi connectivity index (χ3v) is 11.3. The molecule has 0 saturated carbocycles. The Bertz CT molecular complexity index is 1040. The quantitative estimate of drug-likeness (QED) is 0.0425. The Morgan fingerprint density at radius 2 is 1.46 bits per heavy atom. The van der Waals surface area contributed by atoms with Gasteiger partial charge in [-0.2, -0.15) is 0 Å². The molecule has 0 radical (unpaired) electrons. The van der Waals surface area contributed by atoms with Crippen LogP contribution in [0.4, 0.5) is 0 Å². The Hall–Kier alpha value is -1.27. The molecule has 54 heavy (non-hydrogen) atoms. The van der Waals surface area contributed by atoms with Crippen LogP contribution in [-0.4, -0.2) is 145 Å². The van der Waals surface area contributed by atoms with E-state index < -0.39 is 97.9 Å². The fraction of sp³-hybridized carbons (Fsp3) is 0.925. The van der Waals surface area contributed by atoms with Crippen molar-refractivity contribution in [2.24, 2.45) is 11.8 Å². The second-order valence-electron chi connectivity index (χ2n) is 15.8. The van der Waals surface area contributed by atoms with Gasteiger partial charge in [0.1, 0.15) is 24.4 Å². The van der Waals surface area contributed by atoms with Gasteiger partial charge in [-0.25, -0.2) is 0 Å². The van der Waals surface area contributed by atoms with Crippen LogP contribution in [0.3, 0.4) is 0 Å². The number of carbonyl (C=O) groups is 1. The molecule has 2 fully saturated rings. The lowest BCUT2D eigenvalue weighted by atomic mass is 9.72. The lowest BCUT2D eigenvalue weighted by Gasteiger charge is -2.53. The predicted molar refractivity (Wildman–Crippen MR) is 203 cm³/mol. The number of allylic oxidation sites excluding steroid dienone is 1. The molecule has 14 heteroatoms. The Labute approximate surface area is 322 Å². The van der Waals surface area contributed by atoms with E-state index in [1.54, 1.807) is 13.0 Å². The molecule has 0 spiro atoms. The zero-order valence-electron chi connectivity index (χ0n) is 33.3. The first kappa shape index (κ1) is 48.9. The molecule has 14 atom stereocenters. The summed E-state index contributed by atoms with van der Waals surface area (Å²) in [5, 5.41) is 99.1. The van der Waals surface area contributed by atoms with Gasteiger partial charge in [-0.3, -0.25) is 4.79 Å². The maximum atomic E-state index is 13.0. The zero-order chi connectivity index (χ0) is 40.3. The fourth-order valence-electron chi connectivity index (χ4n) is 7.63. The molecule has 2 aliphatic heterocycles. The third-order valence-electron chi connectivity index (χ3n) is 11.3. The molecular formula is C40H75NO13. The van der Waals surface area contributed by atoms with Crippen LogP contribution in [-0.2, 0) is 19.0 Å². The summed E-state index contributed by atoms with van der Waals surface area (Å²) in [7, 11) is 0. The van der Waals surface area contributed by atoms with Gasteiger partial charge in [0.05, 0.1) is 62.0 Å². The number of nitrogens with one attached hydrogen (secondary N) is 1. The van der Waals surface area contributed by atoms with Crippen LogP contribution in [0.15, 0.2) is 12.2 Å². The van der Waals surface area contributed by atoms with Crippen LogP contribution in [0.2, 0.25) is 0 Å². The van der Waals surface area contributed by atoms with Gasteiger partial charge in [-0.05, 0) is 19.8 Å². The van der Waals surface area contributed by atoms with Crippen molar-refractivity contribution in [3.63, 3.8) is 0 Å². The van der Waals surface area contributed by atoms with Crippen LogP contribution in [0, 0.1) is 11.8 Å². The molecule has 0 aromatic carbocycles. The Morgan fingerprint density at radius 1 is 0.889 bits per heavy atom. The fourth-order valence-corrected chi connectivity index (χ4v) is 7.63. The van der Waals surface area contributed by atoms with Crippen molar-refractivity contribution in [1.29, 1.82) is 0 Å². The summed E-state index contributed by atoms with van der Waals surface area (Å²) in [6.07, 6.45) is 4.79. The maximum absolute atomic E-state index is 13.0. The molecule has 2 heterocycles. The molecule has 0 aromatic heterocycles. The van der Waals surface area contributed by atoms with Gasteiger partial charge in [0.25, 0.3) is 0 Å². The van der Waals surface area contributed by atoms with Gasteiger partial charge in [-0.15, -0.1) is 0 Å². The first-order valence-electron chi connectivity index (χ1n) is 20.6. The van der Waals surface area contributed by atoms with Crippen molar-refractivity contribution in [3.05, 3.63) is 12.2 Å². The van der Waals surface area contributed by atoms with Crippen LogP contribution in [0.1, 0.15) is 130 Å². The first-order chi connectivity index (χ1) is 25.8. The average Bonchev–Trinajstić information content (AvgIpc) is 3.15. The largest absolute Gasteiger partial charge is 0.394 e. The SMILES string of the molecule is CC/C=C/C(O)C(COC1OC(CO)C(O)C(C(O)C2(C)CC(O)C(C)C(C(O)C(O)CO)O2)C1O)NC(=O)CCCCCCCCCCCCCCC. The number of unbranched alkanes of at least 4 members (excludes halogenated alkanes) is 12. The third kappa shape index (κ3) is 15.2. The number of carbonyl (C=O) groups excluding carboxylic acids is 1. The monoisotopic (exact) mass is 778 g/mol. The molecule has 14 nitrogen and oxygen atoms in total. The summed E-state index contributed by atoms with van der Waals surface area (Å²) in [6.45, 7) is 5.32. The molecular weight excluding hydrogens is 702 g/mol. The van der Waals surface area contributed by atoms with Crippen molar-refractivity contribution < 1.29 is 65.0 Å². The number of hydrogen-bond donors (Lipinski definition) is 10. The summed E-state index contributed by atoms with van der Waals surface area (Å²) in [4.78, 5) is 13.0. The standard InChI is InChI=1S/C40H75NO13/c1-5-7-9-10-11-12-13-14-15-16-17-18-19-21-32(47)41-27(28(44)20-8-6-2)25-52-39-36(50)33(35(49)31(24-43)53-39)38(51)40(4)22-29(45)26(3)37(54-40)34(48)30(46)23-42/h8,20,26-31,33-39,42-46,48-51H,5-7,9-19,21-25H2,1-4H3,(H,41,47)/b20-8+. The number of rotatable bonds is 27.